The lowest BCUT2D eigenvalue weighted by atomic mass is 10.1. The first-order chi connectivity index (χ1) is 10.5. The van der Waals surface area contributed by atoms with Crippen LogP contribution in [0, 0.1) is 0 Å². The lowest BCUT2D eigenvalue weighted by Gasteiger charge is -2.20. The highest BCUT2D eigenvalue weighted by atomic mass is 35.5. The zero-order chi connectivity index (χ0) is 15.9. The monoisotopic (exact) mass is 318 g/mol. The molecule has 1 heterocycles. The molecule has 0 bridgehead atoms. The number of halogens is 2. The van der Waals surface area contributed by atoms with Gasteiger partial charge >= 0.3 is 0 Å². The number of nitrogens with zero attached hydrogens (tertiary/aromatic N) is 2. The van der Waals surface area contributed by atoms with Gasteiger partial charge in [0.15, 0.2) is 0 Å². The van der Waals surface area contributed by atoms with Crippen LogP contribution in [0.25, 0.3) is 16.6 Å². The van der Waals surface area contributed by atoms with E-state index in [0.717, 1.165) is 0 Å². The van der Waals surface area contributed by atoms with Crippen molar-refractivity contribution in [2.45, 2.75) is 32.4 Å². The average Bonchev–Trinajstić information content (AvgIpc) is 2.46. The van der Waals surface area contributed by atoms with Crippen LogP contribution in [0.3, 0.4) is 0 Å². The first kappa shape index (κ1) is 15.0. The number of rotatable bonds is 2. The van der Waals surface area contributed by atoms with E-state index >= 15 is 0 Å². The summed E-state index contributed by atoms with van der Waals surface area (Å²) in [6, 6.07) is 5.21. The minimum absolute atomic E-state index is 0.0287. The van der Waals surface area contributed by atoms with Gasteiger partial charge in [0.25, 0.3) is 5.56 Å². The Balaban J connectivity index is 2.37. The molecule has 0 saturated heterocycles. The highest BCUT2D eigenvalue weighted by molar-refractivity contribution is 6.35. The molecule has 0 N–H and O–H groups in total. The Hall–Kier alpha value is -1.94. The van der Waals surface area contributed by atoms with E-state index in [4.69, 9.17) is 11.6 Å². The molecule has 1 unspecified atom stereocenters. The molecule has 2 aromatic rings. The standard InChI is InChI=1S/C17H16ClFN2O/c1-10(2)16-20-14-8-4-7-13(18)15(14)17(22)21(16)12-6-3-5-11(19)9-12/h3-8,10-11H,9H2,1-2H3. The topological polar surface area (TPSA) is 34.9 Å². The molecule has 0 aliphatic heterocycles. The van der Waals surface area contributed by atoms with E-state index in [-0.39, 0.29) is 17.9 Å². The van der Waals surface area contributed by atoms with Crippen molar-refractivity contribution in [1.29, 1.82) is 0 Å². The van der Waals surface area contributed by atoms with Crippen molar-refractivity contribution in [2.24, 2.45) is 0 Å². The van der Waals surface area contributed by atoms with Crippen molar-refractivity contribution in [3.05, 3.63) is 57.6 Å². The third kappa shape index (κ3) is 2.48. The third-order valence-corrected chi connectivity index (χ3v) is 4.00. The van der Waals surface area contributed by atoms with E-state index in [2.05, 4.69) is 4.98 Å². The van der Waals surface area contributed by atoms with Crippen molar-refractivity contribution in [2.75, 3.05) is 0 Å². The summed E-state index contributed by atoms with van der Waals surface area (Å²) < 4.78 is 15.2. The minimum atomic E-state index is -1.09. The molecule has 1 aromatic heterocycles. The van der Waals surface area contributed by atoms with Gasteiger partial charge in [0.05, 0.1) is 15.9 Å². The molecule has 0 spiro atoms. The van der Waals surface area contributed by atoms with Gasteiger partial charge in [-0.3, -0.25) is 9.36 Å². The molecule has 0 amide bonds. The molecule has 1 aromatic carbocycles. The molecule has 114 valence electrons. The van der Waals surface area contributed by atoms with E-state index in [1.54, 1.807) is 30.4 Å². The van der Waals surface area contributed by atoms with Crippen molar-refractivity contribution in [1.82, 2.24) is 9.55 Å². The van der Waals surface area contributed by atoms with Crippen LogP contribution in [0.4, 0.5) is 4.39 Å². The molecule has 5 heteroatoms. The van der Waals surface area contributed by atoms with Crippen molar-refractivity contribution < 1.29 is 4.39 Å². The van der Waals surface area contributed by atoms with Crippen molar-refractivity contribution in [3.8, 4) is 0 Å². The molecular formula is C17H16ClFN2O. The van der Waals surface area contributed by atoms with Crippen LogP contribution in [0.1, 0.15) is 32.0 Å². The van der Waals surface area contributed by atoms with Crippen molar-refractivity contribution in [3.63, 3.8) is 0 Å². The second-order valence-electron chi connectivity index (χ2n) is 5.66. The van der Waals surface area contributed by atoms with Gasteiger partial charge in [0.1, 0.15) is 12.0 Å². The lowest BCUT2D eigenvalue weighted by Crippen LogP contribution is -2.27. The van der Waals surface area contributed by atoms with E-state index in [1.807, 2.05) is 13.8 Å². The maximum Gasteiger partial charge on any atom is 0.267 e. The van der Waals surface area contributed by atoms with Crippen LogP contribution in [-0.4, -0.2) is 15.7 Å². The zero-order valence-corrected chi connectivity index (χ0v) is 13.1. The highest BCUT2D eigenvalue weighted by Gasteiger charge is 2.20. The van der Waals surface area contributed by atoms with Crippen LogP contribution in [0.2, 0.25) is 5.02 Å². The molecule has 1 aliphatic carbocycles. The fraction of sp³-hybridized carbons (Fsp3) is 0.294. The van der Waals surface area contributed by atoms with Crippen LogP contribution < -0.4 is 5.56 Å². The smallest absolute Gasteiger partial charge is 0.267 e. The van der Waals surface area contributed by atoms with E-state index < -0.39 is 6.17 Å². The maximum atomic E-state index is 13.7. The Morgan fingerprint density at radius 2 is 2.18 bits per heavy atom. The number of hydrogen-bond acceptors (Lipinski definition) is 2. The molecule has 3 rings (SSSR count). The Morgan fingerprint density at radius 1 is 1.41 bits per heavy atom. The largest absolute Gasteiger partial charge is 0.268 e. The van der Waals surface area contributed by atoms with Crippen LogP contribution >= 0.6 is 11.6 Å². The fourth-order valence-corrected chi connectivity index (χ4v) is 2.91. The van der Waals surface area contributed by atoms with Gasteiger partial charge in [-0.25, -0.2) is 9.37 Å². The second-order valence-corrected chi connectivity index (χ2v) is 6.07. The van der Waals surface area contributed by atoms with Gasteiger partial charge in [-0.1, -0.05) is 43.7 Å². The molecule has 0 saturated carbocycles. The predicted octanol–water partition coefficient (Wildman–Crippen LogP) is 4.31. The van der Waals surface area contributed by atoms with Gasteiger partial charge < -0.3 is 0 Å². The Labute approximate surface area is 132 Å². The van der Waals surface area contributed by atoms with Gasteiger partial charge in [0.2, 0.25) is 0 Å². The van der Waals surface area contributed by atoms with Crippen molar-refractivity contribution >= 4 is 28.2 Å². The number of allylic oxidation sites excluding steroid dienone is 4. The lowest BCUT2D eigenvalue weighted by molar-refractivity contribution is 0.401. The summed E-state index contributed by atoms with van der Waals surface area (Å²) in [5, 5.41) is 0.738. The number of alkyl halides is 1. The zero-order valence-electron chi connectivity index (χ0n) is 12.4. The van der Waals surface area contributed by atoms with Crippen LogP contribution in [0.5, 0.6) is 0 Å². The summed E-state index contributed by atoms with van der Waals surface area (Å²) in [4.78, 5) is 17.5. The predicted molar refractivity (Wildman–Crippen MR) is 88.0 cm³/mol. The van der Waals surface area contributed by atoms with Crippen LogP contribution in [-0.2, 0) is 0 Å². The first-order valence-electron chi connectivity index (χ1n) is 7.22. The number of hydrogen-bond donors (Lipinski definition) is 0. The summed E-state index contributed by atoms with van der Waals surface area (Å²) in [6.45, 7) is 3.92. The Morgan fingerprint density at radius 3 is 2.86 bits per heavy atom. The molecule has 22 heavy (non-hydrogen) atoms. The summed E-state index contributed by atoms with van der Waals surface area (Å²) in [5.74, 6) is 0.648. The van der Waals surface area contributed by atoms with Gasteiger partial charge in [0, 0.05) is 18.0 Å². The molecular weight excluding hydrogens is 303 g/mol. The number of aromatic nitrogens is 2. The van der Waals surface area contributed by atoms with E-state index in [0.29, 0.717) is 27.4 Å². The molecule has 0 fully saturated rings. The molecule has 0 radical (unpaired) electrons. The van der Waals surface area contributed by atoms with E-state index in [9.17, 15) is 9.18 Å². The summed E-state index contributed by atoms with van der Waals surface area (Å²) >= 11 is 6.17. The van der Waals surface area contributed by atoms with Crippen LogP contribution in [0.15, 0.2) is 41.2 Å². The quantitative estimate of drug-likeness (QED) is 0.827. The normalized spacial score (nSPS) is 18.0. The Kier molecular flexibility index (Phi) is 3.87. The number of benzene rings is 1. The van der Waals surface area contributed by atoms with Gasteiger partial charge in [-0.15, -0.1) is 0 Å². The average molecular weight is 319 g/mol. The summed E-state index contributed by atoms with van der Waals surface area (Å²) in [5.41, 5.74) is 0.937. The minimum Gasteiger partial charge on any atom is -0.268 e. The summed E-state index contributed by atoms with van der Waals surface area (Å²) in [7, 11) is 0. The SMILES string of the molecule is CC(C)c1nc2cccc(Cl)c2c(=O)n1C1=CC=CC(F)C1. The van der Waals surface area contributed by atoms with E-state index in [1.165, 1.54) is 10.6 Å². The first-order valence-corrected chi connectivity index (χ1v) is 7.60. The van der Waals surface area contributed by atoms with Gasteiger partial charge in [-0.2, -0.15) is 0 Å². The number of fused-ring (bicyclic) bond motifs is 1. The fourth-order valence-electron chi connectivity index (χ4n) is 2.66. The summed E-state index contributed by atoms with van der Waals surface area (Å²) in [6.07, 6.45) is 3.94. The Bertz CT molecular complexity index is 852. The molecule has 3 nitrogen and oxygen atoms in total. The molecule has 1 aliphatic rings. The van der Waals surface area contributed by atoms with Gasteiger partial charge in [-0.05, 0) is 18.2 Å². The maximum absolute atomic E-state index is 13.7. The third-order valence-electron chi connectivity index (χ3n) is 3.69. The second kappa shape index (κ2) is 5.69. The molecule has 1 atom stereocenters. The highest BCUT2D eigenvalue weighted by Crippen LogP contribution is 2.26.